The van der Waals surface area contributed by atoms with Crippen LogP contribution in [0.15, 0.2) is 29.2 Å². The highest BCUT2D eigenvalue weighted by molar-refractivity contribution is 8.26. The highest BCUT2D eigenvalue weighted by Gasteiger charge is 2.21. The van der Waals surface area contributed by atoms with Crippen molar-refractivity contribution in [3.05, 3.63) is 34.7 Å². The molecule has 0 atom stereocenters. The molecule has 1 aliphatic rings. The third kappa shape index (κ3) is 3.84. The van der Waals surface area contributed by atoms with Gasteiger partial charge in [0.2, 0.25) is 0 Å². The van der Waals surface area contributed by atoms with Crippen molar-refractivity contribution in [3.63, 3.8) is 0 Å². The molecule has 20 heavy (non-hydrogen) atoms. The summed E-state index contributed by atoms with van der Waals surface area (Å²) in [5.74, 6) is -0.107. The largest absolute Gasteiger partial charge is 0.375 e. The second kappa shape index (κ2) is 6.90. The lowest BCUT2D eigenvalue weighted by molar-refractivity contribution is -0.115. The average Bonchev–Trinajstić information content (AvgIpc) is 2.75. The standard InChI is InChI=1S/C15H18N2OS2/c1-3-4-9-17(2)12-7-5-11(6-8-12)10-13-14(18)16-15(19)20-13/h5-8,10H,3-4,9H2,1-2H3,(H,16,18,19). The van der Waals surface area contributed by atoms with E-state index in [2.05, 4.69) is 36.3 Å². The molecule has 0 aliphatic carbocycles. The molecule has 1 saturated heterocycles. The number of thioether (sulfide) groups is 1. The summed E-state index contributed by atoms with van der Waals surface area (Å²) in [6.07, 6.45) is 4.26. The quantitative estimate of drug-likeness (QED) is 0.667. The normalized spacial score (nSPS) is 16.6. The molecule has 1 N–H and O–H groups in total. The molecule has 0 aromatic heterocycles. The van der Waals surface area contributed by atoms with Crippen LogP contribution in [0.4, 0.5) is 5.69 Å². The van der Waals surface area contributed by atoms with Gasteiger partial charge in [-0.1, -0.05) is 49.5 Å². The summed E-state index contributed by atoms with van der Waals surface area (Å²) < 4.78 is 0.525. The summed E-state index contributed by atoms with van der Waals surface area (Å²) >= 11 is 6.28. The number of amides is 1. The molecule has 1 heterocycles. The van der Waals surface area contributed by atoms with Gasteiger partial charge >= 0.3 is 0 Å². The van der Waals surface area contributed by atoms with E-state index in [9.17, 15) is 4.79 Å². The Morgan fingerprint density at radius 2 is 2.05 bits per heavy atom. The molecular weight excluding hydrogens is 288 g/mol. The van der Waals surface area contributed by atoms with E-state index in [4.69, 9.17) is 12.2 Å². The summed E-state index contributed by atoms with van der Waals surface area (Å²) in [5.41, 5.74) is 2.21. The zero-order chi connectivity index (χ0) is 14.5. The number of hydrogen-bond acceptors (Lipinski definition) is 4. The van der Waals surface area contributed by atoms with Crippen molar-refractivity contribution in [1.82, 2.24) is 5.32 Å². The summed E-state index contributed by atoms with van der Waals surface area (Å²) in [6, 6.07) is 8.22. The maximum absolute atomic E-state index is 11.6. The van der Waals surface area contributed by atoms with Gasteiger partial charge < -0.3 is 10.2 Å². The fourth-order valence-electron chi connectivity index (χ4n) is 1.92. The van der Waals surface area contributed by atoms with Gasteiger partial charge in [-0.25, -0.2) is 0 Å². The zero-order valence-electron chi connectivity index (χ0n) is 11.7. The summed E-state index contributed by atoms with van der Waals surface area (Å²) in [7, 11) is 2.10. The molecule has 3 nitrogen and oxygen atoms in total. The summed E-state index contributed by atoms with van der Waals surface area (Å²) in [4.78, 5) is 14.5. The van der Waals surface area contributed by atoms with Crippen molar-refractivity contribution >= 4 is 46.0 Å². The van der Waals surface area contributed by atoms with E-state index in [0.717, 1.165) is 12.1 Å². The number of carbonyl (C=O) groups excluding carboxylic acids is 1. The average molecular weight is 306 g/mol. The van der Waals surface area contributed by atoms with E-state index in [1.165, 1.54) is 30.3 Å². The number of anilines is 1. The van der Waals surface area contributed by atoms with Gasteiger partial charge in [-0.15, -0.1) is 0 Å². The maximum atomic E-state index is 11.6. The van der Waals surface area contributed by atoms with E-state index in [1.807, 2.05) is 18.2 Å². The van der Waals surface area contributed by atoms with Gasteiger partial charge in [-0.2, -0.15) is 0 Å². The Kier molecular flexibility index (Phi) is 5.20. The summed E-state index contributed by atoms with van der Waals surface area (Å²) in [6.45, 7) is 3.25. The van der Waals surface area contributed by atoms with Crippen molar-refractivity contribution in [2.24, 2.45) is 0 Å². The number of rotatable bonds is 5. The minimum absolute atomic E-state index is 0.107. The van der Waals surface area contributed by atoms with Crippen LogP contribution >= 0.6 is 24.0 Å². The molecule has 0 saturated carbocycles. The second-order valence-corrected chi connectivity index (χ2v) is 6.44. The van der Waals surface area contributed by atoms with Crippen molar-refractivity contribution in [2.45, 2.75) is 19.8 Å². The maximum Gasteiger partial charge on any atom is 0.263 e. The number of hydrogen-bond donors (Lipinski definition) is 1. The molecule has 1 amide bonds. The Hall–Kier alpha value is -1.33. The van der Waals surface area contributed by atoms with Gasteiger partial charge in [0.25, 0.3) is 5.91 Å². The van der Waals surface area contributed by atoms with Gasteiger partial charge in [-0.05, 0) is 30.2 Å². The fraction of sp³-hybridized carbons (Fsp3) is 0.333. The summed E-state index contributed by atoms with van der Waals surface area (Å²) in [5, 5.41) is 2.62. The predicted octanol–water partition coefficient (Wildman–Crippen LogP) is 3.41. The van der Waals surface area contributed by atoms with Crippen LogP contribution in [-0.2, 0) is 4.79 Å². The SMILES string of the molecule is CCCCN(C)c1ccc(C=C2SC(=S)NC2=O)cc1. The molecule has 106 valence electrons. The third-order valence-corrected chi connectivity index (χ3v) is 4.28. The van der Waals surface area contributed by atoms with E-state index in [0.29, 0.717) is 9.23 Å². The Morgan fingerprint density at radius 3 is 2.60 bits per heavy atom. The molecule has 1 aromatic rings. The molecule has 5 heteroatoms. The van der Waals surface area contributed by atoms with Gasteiger partial charge in [0, 0.05) is 19.3 Å². The van der Waals surface area contributed by atoms with Gasteiger partial charge in [-0.3, -0.25) is 4.79 Å². The Labute approximate surface area is 129 Å². The van der Waals surface area contributed by atoms with Gasteiger partial charge in [0.1, 0.15) is 4.32 Å². The predicted molar refractivity (Wildman–Crippen MR) is 90.9 cm³/mol. The van der Waals surface area contributed by atoms with E-state index in [-0.39, 0.29) is 5.91 Å². The molecule has 1 fully saturated rings. The zero-order valence-corrected chi connectivity index (χ0v) is 13.3. The Balaban J connectivity index is 2.07. The van der Waals surface area contributed by atoms with Crippen LogP contribution in [0.25, 0.3) is 6.08 Å². The lowest BCUT2D eigenvalue weighted by atomic mass is 10.1. The van der Waals surface area contributed by atoms with Crippen LogP contribution in [0.1, 0.15) is 25.3 Å². The lowest BCUT2D eigenvalue weighted by Gasteiger charge is -2.18. The molecule has 0 spiro atoms. The number of unbranched alkanes of at least 4 members (excludes halogenated alkanes) is 1. The number of carbonyl (C=O) groups is 1. The number of thiocarbonyl (C=S) groups is 1. The first-order chi connectivity index (χ1) is 9.60. The first-order valence-corrected chi connectivity index (χ1v) is 7.88. The number of benzene rings is 1. The van der Waals surface area contributed by atoms with Crippen molar-refractivity contribution in [2.75, 3.05) is 18.5 Å². The smallest absolute Gasteiger partial charge is 0.263 e. The molecule has 2 rings (SSSR count). The van der Waals surface area contributed by atoms with E-state index < -0.39 is 0 Å². The Bertz CT molecular complexity index is 537. The molecule has 1 aliphatic heterocycles. The highest BCUT2D eigenvalue weighted by Crippen LogP contribution is 2.26. The van der Waals surface area contributed by atoms with Gasteiger partial charge in [0.15, 0.2) is 0 Å². The number of nitrogens with zero attached hydrogens (tertiary/aromatic N) is 1. The van der Waals surface area contributed by atoms with Crippen LogP contribution in [0.3, 0.4) is 0 Å². The van der Waals surface area contributed by atoms with Crippen LogP contribution in [0.2, 0.25) is 0 Å². The van der Waals surface area contributed by atoms with Gasteiger partial charge in [0.05, 0.1) is 4.91 Å². The second-order valence-electron chi connectivity index (χ2n) is 4.72. The van der Waals surface area contributed by atoms with Crippen molar-refractivity contribution in [1.29, 1.82) is 0 Å². The van der Waals surface area contributed by atoms with Crippen molar-refractivity contribution in [3.8, 4) is 0 Å². The van der Waals surface area contributed by atoms with E-state index >= 15 is 0 Å². The first kappa shape index (κ1) is 15.1. The van der Waals surface area contributed by atoms with Crippen LogP contribution in [0, 0.1) is 0 Å². The minimum Gasteiger partial charge on any atom is -0.375 e. The van der Waals surface area contributed by atoms with Crippen molar-refractivity contribution < 1.29 is 4.79 Å². The van der Waals surface area contributed by atoms with Crippen LogP contribution in [-0.4, -0.2) is 23.8 Å². The molecule has 0 radical (unpaired) electrons. The monoisotopic (exact) mass is 306 g/mol. The minimum atomic E-state index is -0.107. The molecular formula is C15H18N2OS2. The Morgan fingerprint density at radius 1 is 1.35 bits per heavy atom. The number of nitrogens with one attached hydrogen (secondary N) is 1. The topological polar surface area (TPSA) is 32.3 Å². The fourth-order valence-corrected chi connectivity index (χ4v) is 2.97. The van der Waals surface area contributed by atoms with E-state index in [1.54, 1.807) is 0 Å². The molecule has 0 unspecified atom stereocenters. The van der Waals surface area contributed by atoms with Crippen LogP contribution < -0.4 is 10.2 Å². The highest BCUT2D eigenvalue weighted by atomic mass is 32.2. The van der Waals surface area contributed by atoms with Crippen LogP contribution in [0.5, 0.6) is 0 Å². The first-order valence-electron chi connectivity index (χ1n) is 6.66. The third-order valence-electron chi connectivity index (χ3n) is 3.12. The molecule has 0 bridgehead atoms. The lowest BCUT2D eigenvalue weighted by Crippen LogP contribution is -2.18. The molecule has 1 aromatic carbocycles.